The van der Waals surface area contributed by atoms with E-state index in [1.54, 1.807) is 14.0 Å². The van der Waals surface area contributed by atoms with Gasteiger partial charge in [0, 0.05) is 12.4 Å². The third-order valence-corrected chi connectivity index (χ3v) is 2.80. The van der Waals surface area contributed by atoms with E-state index in [2.05, 4.69) is 30.7 Å². The van der Waals surface area contributed by atoms with Gasteiger partial charge in [0.15, 0.2) is 5.82 Å². The van der Waals surface area contributed by atoms with Gasteiger partial charge in [0.1, 0.15) is 5.82 Å². The van der Waals surface area contributed by atoms with Gasteiger partial charge in [-0.05, 0) is 19.1 Å². The van der Waals surface area contributed by atoms with E-state index in [1.807, 2.05) is 24.3 Å². The lowest BCUT2D eigenvalue weighted by molar-refractivity contribution is 0.379. The smallest absolute Gasteiger partial charge is 0.245 e. The molecule has 2 N–H and O–H groups in total. The first kappa shape index (κ1) is 12.3. The van der Waals surface area contributed by atoms with Gasteiger partial charge in [0.25, 0.3) is 0 Å². The maximum Gasteiger partial charge on any atom is 0.245 e. The van der Waals surface area contributed by atoms with Crippen LogP contribution in [0.15, 0.2) is 28.8 Å². The van der Waals surface area contributed by atoms with Crippen LogP contribution in [0.4, 0.5) is 11.8 Å². The zero-order chi connectivity index (χ0) is 13.9. The molecule has 0 bridgehead atoms. The van der Waals surface area contributed by atoms with E-state index < -0.39 is 0 Å². The normalized spacial score (nSPS) is 10.7. The Balaban J connectivity index is 1.93. The van der Waals surface area contributed by atoms with Crippen LogP contribution in [-0.4, -0.2) is 27.2 Å². The quantitative estimate of drug-likeness (QED) is 0.749. The number of anilines is 2. The Bertz CT molecular complexity index is 739. The first-order chi connectivity index (χ1) is 9.76. The van der Waals surface area contributed by atoms with Gasteiger partial charge in [-0.3, -0.25) is 0 Å². The second-order valence-electron chi connectivity index (χ2n) is 4.25. The van der Waals surface area contributed by atoms with Crippen LogP contribution in [-0.2, 0) is 6.54 Å². The van der Waals surface area contributed by atoms with Crippen molar-refractivity contribution in [1.29, 1.82) is 0 Å². The molecule has 0 unspecified atom stereocenters. The molecule has 7 heteroatoms. The standard InChI is InChI=1S/C13H14N6O/c1-8-16-11(20-19-8)7-15-12-9-5-3-4-6-10(9)17-13(14-2)18-12/h3-6H,7H2,1-2H3,(H2,14,15,17,18). The zero-order valence-corrected chi connectivity index (χ0v) is 11.2. The Labute approximate surface area is 115 Å². The molecule has 0 radical (unpaired) electrons. The topological polar surface area (TPSA) is 88.8 Å². The summed E-state index contributed by atoms with van der Waals surface area (Å²) in [4.78, 5) is 13.0. The van der Waals surface area contributed by atoms with E-state index in [1.165, 1.54) is 0 Å². The number of aromatic nitrogens is 4. The van der Waals surface area contributed by atoms with E-state index in [9.17, 15) is 0 Å². The molecule has 0 saturated carbocycles. The number of hydrogen-bond acceptors (Lipinski definition) is 7. The van der Waals surface area contributed by atoms with Gasteiger partial charge in [-0.15, -0.1) is 0 Å². The number of fused-ring (bicyclic) bond motifs is 1. The van der Waals surface area contributed by atoms with Crippen molar-refractivity contribution in [2.45, 2.75) is 13.5 Å². The Morgan fingerprint density at radius 2 is 2.00 bits per heavy atom. The number of rotatable bonds is 4. The molecule has 0 fully saturated rings. The van der Waals surface area contributed by atoms with Crippen molar-refractivity contribution in [1.82, 2.24) is 20.1 Å². The summed E-state index contributed by atoms with van der Waals surface area (Å²) < 4.78 is 5.07. The molecule has 2 aromatic heterocycles. The van der Waals surface area contributed by atoms with Crippen molar-refractivity contribution < 1.29 is 4.52 Å². The van der Waals surface area contributed by atoms with Crippen molar-refractivity contribution in [2.24, 2.45) is 0 Å². The molecule has 3 rings (SSSR count). The summed E-state index contributed by atoms with van der Waals surface area (Å²) in [5.41, 5.74) is 0.871. The van der Waals surface area contributed by atoms with Gasteiger partial charge >= 0.3 is 0 Å². The highest BCUT2D eigenvalue weighted by Gasteiger charge is 2.08. The second-order valence-corrected chi connectivity index (χ2v) is 4.25. The van der Waals surface area contributed by atoms with Gasteiger partial charge in [0.05, 0.1) is 12.1 Å². The van der Waals surface area contributed by atoms with Gasteiger partial charge in [-0.25, -0.2) is 4.98 Å². The third kappa shape index (κ3) is 2.37. The molecule has 1 aromatic carbocycles. The van der Waals surface area contributed by atoms with Crippen molar-refractivity contribution in [3.05, 3.63) is 36.0 Å². The summed E-state index contributed by atoms with van der Waals surface area (Å²) in [7, 11) is 1.79. The molecule has 0 atom stereocenters. The first-order valence-electron chi connectivity index (χ1n) is 6.24. The third-order valence-electron chi connectivity index (χ3n) is 2.80. The number of nitrogens with zero attached hydrogens (tertiary/aromatic N) is 4. The van der Waals surface area contributed by atoms with Gasteiger partial charge in [-0.2, -0.15) is 9.97 Å². The van der Waals surface area contributed by atoms with E-state index in [0.717, 1.165) is 16.7 Å². The lowest BCUT2D eigenvalue weighted by Crippen LogP contribution is -2.05. The van der Waals surface area contributed by atoms with Crippen LogP contribution >= 0.6 is 0 Å². The average Bonchev–Trinajstić information content (AvgIpc) is 2.90. The second kappa shape index (κ2) is 5.12. The Morgan fingerprint density at radius 1 is 1.15 bits per heavy atom. The molecule has 3 aromatic rings. The van der Waals surface area contributed by atoms with Crippen molar-refractivity contribution in [3.8, 4) is 0 Å². The summed E-state index contributed by atoms with van der Waals surface area (Å²) in [5.74, 6) is 2.44. The lowest BCUT2D eigenvalue weighted by Gasteiger charge is -2.08. The Kier molecular flexibility index (Phi) is 3.16. The largest absolute Gasteiger partial charge is 0.360 e. The number of hydrogen-bond donors (Lipinski definition) is 2. The minimum Gasteiger partial charge on any atom is -0.360 e. The molecular weight excluding hydrogens is 256 g/mol. The predicted octanol–water partition coefficient (Wildman–Crippen LogP) is 1.98. The molecule has 0 aliphatic carbocycles. The van der Waals surface area contributed by atoms with E-state index >= 15 is 0 Å². The molecule has 7 nitrogen and oxygen atoms in total. The maximum absolute atomic E-state index is 5.07. The van der Waals surface area contributed by atoms with Crippen LogP contribution in [0.2, 0.25) is 0 Å². The molecule has 0 aliphatic rings. The fraction of sp³-hybridized carbons (Fsp3) is 0.231. The summed E-state index contributed by atoms with van der Waals surface area (Å²) in [5, 5.41) is 10.9. The summed E-state index contributed by atoms with van der Waals surface area (Å²) in [6, 6.07) is 7.81. The maximum atomic E-state index is 5.07. The predicted molar refractivity (Wildman–Crippen MR) is 75.4 cm³/mol. The van der Waals surface area contributed by atoms with Gasteiger partial charge in [0.2, 0.25) is 11.8 Å². The van der Waals surface area contributed by atoms with Crippen LogP contribution in [0.1, 0.15) is 11.7 Å². The van der Waals surface area contributed by atoms with Gasteiger partial charge < -0.3 is 15.2 Å². The Morgan fingerprint density at radius 3 is 2.75 bits per heavy atom. The Hall–Kier alpha value is -2.70. The highest BCUT2D eigenvalue weighted by molar-refractivity contribution is 5.89. The summed E-state index contributed by atoms with van der Waals surface area (Å²) in [6.45, 7) is 2.21. The first-order valence-corrected chi connectivity index (χ1v) is 6.24. The molecule has 0 amide bonds. The van der Waals surface area contributed by atoms with Crippen LogP contribution in [0, 0.1) is 6.92 Å². The summed E-state index contributed by atoms with van der Waals surface area (Å²) in [6.07, 6.45) is 0. The van der Waals surface area contributed by atoms with Crippen LogP contribution < -0.4 is 10.6 Å². The lowest BCUT2D eigenvalue weighted by atomic mass is 10.2. The zero-order valence-electron chi connectivity index (χ0n) is 11.2. The fourth-order valence-electron chi connectivity index (χ4n) is 1.89. The molecule has 0 aliphatic heterocycles. The van der Waals surface area contributed by atoms with Gasteiger partial charge in [-0.1, -0.05) is 17.3 Å². The van der Waals surface area contributed by atoms with Crippen LogP contribution in [0.25, 0.3) is 10.9 Å². The molecule has 0 spiro atoms. The molecular formula is C13H14N6O. The highest BCUT2D eigenvalue weighted by atomic mass is 16.5. The molecule has 102 valence electrons. The SMILES string of the molecule is CNc1nc(NCc2nc(C)no2)c2ccccc2n1. The minimum absolute atomic E-state index is 0.422. The highest BCUT2D eigenvalue weighted by Crippen LogP contribution is 2.21. The van der Waals surface area contributed by atoms with Crippen molar-refractivity contribution in [3.63, 3.8) is 0 Å². The number of benzene rings is 1. The number of nitrogens with one attached hydrogen (secondary N) is 2. The monoisotopic (exact) mass is 270 g/mol. The van der Waals surface area contributed by atoms with E-state index in [-0.39, 0.29) is 0 Å². The number of aryl methyl sites for hydroxylation is 1. The molecule has 2 heterocycles. The van der Waals surface area contributed by atoms with E-state index in [4.69, 9.17) is 4.52 Å². The summed E-state index contributed by atoms with van der Waals surface area (Å²) >= 11 is 0. The average molecular weight is 270 g/mol. The minimum atomic E-state index is 0.422. The van der Waals surface area contributed by atoms with Crippen molar-refractivity contribution in [2.75, 3.05) is 17.7 Å². The fourth-order valence-corrected chi connectivity index (χ4v) is 1.89. The van der Waals surface area contributed by atoms with E-state index in [0.29, 0.717) is 24.2 Å². The number of para-hydroxylation sites is 1. The van der Waals surface area contributed by atoms with Crippen LogP contribution in [0.5, 0.6) is 0 Å². The van der Waals surface area contributed by atoms with Crippen molar-refractivity contribution >= 4 is 22.7 Å². The molecule has 20 heavy (non-hydrogen) atoms. The van der Waals surface area contributed by atoms with Crippen LogP contribution in [0.3, 0.4) is 0 Å². The molecule has 0 saturated heterocycles.